The topological polar surface area (TPSA) is 20.3 Å². The summed E-state index contributed by atoms with van der Waals surface area (Å²) in [5.74, 6) is 0.274. The highest BCUT2D eigenvalue weighted by Gasteiger charge is 2.28. The van der Waals surface area contributed by atoms with Crippen LogP contribution in [-0.4, -0.2) is 28.1 Å². The SMILES string of the molecule is CC(C)N(C(=O)[C@@H](C)[C@H](C)Sc1ccccc1)C(C)C. The lowest BCUT2D eigenvalue weighted by atomic mass is 10.0. The molecule has 0 N–H and O–H groups in total. The van der Waals surface area contributed by atoms with Crippen molar-refractivity contribution in [3.63, 3.8) is 0 Å². The largest absolute Gasteiger partial charge is 0.338 e. The molecule has 0 heterocycles. The summed E-state index contributed by atoms with van der Waals surface area (Å²) in [5.41, 5.74) is 0. The van der Waals surface area contributed by atoms with Crippen LogP contribution in [0.4, 0.5) is 0 Å². The lowest BCUT2D eigenvalue weighted by Crippen LogP contribution is -2.46. The van der Waals surface area contributed by atoms with Gasteiger partial charge in [0.2, 0.25) is 5.91 Å². The monoisotopic (exact) mass is 293 g/mol. The van der Waals surface area contributed by atoms with E-state index in [0.717, 1.165) is 0 Å². The van der Waals surface area contributed by atoms with Crippen LogP contribution in [0.25, 0.3) is 0 Å². The van der Waals surface area contributed by atoms with E-state index in [1.54, 1.807) is 11.8 Å². The summed E-state index contributed by atoms with van der Waals surface area (Å²) in [5, 5.41) is 0.268. The molecular formula is C17H27NOS. The summed E-state index contributed by atoms with van der Waals surface area (Å²) >= 11 is 1.77. The van der Waals surface area contributed by atoms with Crippen LogP contribution >= 0.6 is 11.8 Å². The fraction of sp³-hybridized carbons (Fsp3) is 0.588. The molecule has 1 aromatic rings. The average molecular weight is 293 g/mol. The van der Waals surface area contributed by atoms with Gasteiger partial charge >= 0.3 is 0 Å². The minimum atomic E-state index is 0.0185. The molecule has 0 saturated carbocycles. The van der Waals surface area contributed by atoms with E-state index >= 15 is 0 Å². The Morgan fingerprint density at radius 1 is 0.950 bits per heavy atom. The van der Waals surface area contributed by atoms with Crippen molar-refractivity contribution in [3.05, 3.63) is 30.3 Å². The van der Waals surface area contributed by atoms with Gasteiger partial charge in [-0.3, -0.25) is 4.79 Å². The van der Waals surface area contributed by atoms with Gasteiger partial charge in [0.05, 0.1) is 0 Å². The van der Waals surface area contributed by atoms with E-state index in [4.69, 9.17) is 0 Å². The Balaban J connectivity index is 2.72. The van der Waals surface area contributed by atoms with Crippen molar-refractivity contribution in [1.82, 2.24) is 4.90 Å². The van der Waals surface area contributed by atoms with Crippen LogP contribution in [0.5, 0.6) is 0 Å². The maximum Gasteiger partial charge on any atom is 0.226 e. The van der Waals surface area contributed by atoms with Crippen LogP contribution in [-0.2, 0) is 4.79 Å². The van der Waals surface area contributed by atoms with Gasteiger partial charge in [-0.05, 0) is 39.8 Å². The third-order valence-electron chi connectivity index (χ3n) is 3.53. The fourth-order valence-electron chi connectivity index (χ4n) is 2.36. The molecule has 0 bridgehead atoms. The predicted octanol–water partition coefficient (Wildman–Crippen LogP) is 4.45. The van der Waals surface area contributed by atoms with Crippen LogP contribution in [0.3, 0.4) is 0 Å². The molecule has 0 unspecified atom stereocenters. The minimum Gasteiger partial charge on any atom is -0.338 e. The molecular weight excluding hydrogens is 266 g/mol. The molecule has 112 valence electrons. The normalized spacial score (nSPS) is 14.4. The summed E-state index contributed by atoms with van der Waals surface area (Å²) in [6, 6.07) is 10.8. The quantitative estimate of drug-likeness (QED) is 0.722. The summed E-state index contributed by atoms with van der Waals surface area (Å²) in [6.07, 6.45) is 0. The maximum atomic E-state index is 12.7. The van der Waals surface area contributed by atoms with Crippen LogP contribution in [0.1, 0.15) is 41.5 Å². The van der Waals surface area contributed by atoms with Crippen LogP contribution in [0, 0.1) is 5.92 Å². The van der Waals surface area contributed by atoms with Gasteiger partial charge in [-0.2, -0.15) is 0 Å². The van der Waals surface area contributed by atoms with Crippen molar-refractivity contribution in [2.45, 2.75) is 63.8 Å². The molecule has 1 rings (SSSR count). The lowest BCUT2D eigenvalue weighted by molar-refractivity contribution is -0.138. The molecule has 3 heteroatoms. The first-order valence-electron chi connectivity index (χ1n) is 7.38. The molecule has 2 atom stereocenters. The Hall–Kier alpha value is -0.960. The second kappa shape index (κ2) is 7.72. The molecule has 2 nitrogen and oxygen atoms in total. The molecule has 0 saturated heterocycles. The zero-order valence-electron chi connectivity index (χ0n) is 13.5. The first kappa shape index (κ1) is 17.1. The van der Waals surface area contributed by atoms with Gasteiger partial charge in [0, 0.05) is 28.1 Å². The van der Waals surface area contributed by atoms with Crippen molar-refractivity contribution in [3.8, 4) is 0 Å². The Bertz CT molecular complexity index is 408. The van der Waals surface area contributed by atoms with Gasteiger partial charge in [-0.25, -0.2) is 0 Å². The Morgan fingerprint density at radius 3 is 1.90 bits per heavy atom. The predicted molar refractivity (Wildman–Crippen MR) is 88.0 cm³/mol. The van der Waals surface area contributed by atoms with Crippen LogP contribution in [0.2, 0.25) is 0 Å². The first-order chi connectivity index (χ1) is 9.34. The maximum absolute atomic E-state index is 12.7. The van der Waals surface area contributed by atoms with Crippen molar-refractivity contribution < 1.29 is 4.79 Å². The van der Waals surface area contributed by atoms with Gasteiger partial charge < -0.3 is 4.90 Å². The van der Waals surface area contributed by atoms with Gasteiger partial charge in [0.25, 0.3) is 0 Å². The highest BCUT2D eigenvalue weighted by molar-refractivity contribution is 8.00. The number of hydrogen-bond donors (Lipinski definition) is 0. The van der Waals surface area contributed by atoms with E-state index in [9.17, 15) is 4.79 Å². The highest BCUT2D eigenvalue weighted by Crippen LogP contribution is 2.29. The lowest BCUT2D eigenvalue weighted by Gasteiger charge is -2.34. The number of rotatable bonds is 6. The molecule has 1 aromatic carbocycles. The summed E-state index contributed by atoms with van der Waals surface area (Å²) in [6.45, 7) is 12.5. The zero-order chi connectivity index (χ0) is 15.3. The average Bonchev–Trinajstić information content (AvgIpc) is 2.37. The summed E-state index contributed by atoms with van der Waals surface area (Å²) in [7, 11) is 0. The van der Waals surface area contributed by atoms with E-state index in [1.807, 2.05) is 30.0 Å². The van der Waals surface area contributed by atoms with Crippen LogP contribution < -0.4 is 0 Å². The number of nitrogens with zero attached hydrogens (tertiary/aromatic N) is 1. The number of hydrogen-bond acceptors (Lipinski definition) is 2. The molecule has 20 heavy (non-hydrogen) atoms. The second-order valence-corrected chi connectivity index (χ2v) is 7.31. The van der Waals surface area contributed by atoms with Crippen molar-refractivity contribution >= 4 is 17.7 Å². The molecule has 0 spiro atoms. The number of amides is 1. The van der Waals surface area contributed by atoms with Gasteiger partial charge in [0.1, 0.15) is 0 Å². The number of thioether (sulfide) groups is 1. The third-order valence-corrected chi connectivity index (χ3v) is 4.85. The Morgan fingerprint density at radius 2 is 1.45 bits per heavy atom. The van der Waals surface area contributed by atoms with Gasteiger partial charge in [-0.15, -0.1) is 11.8 Å². The molecule has 0 aliphatic carbocycles. The van der Waals surface area contributed by atoms with Crippen molar-refractivity contribution in [2.75, 3.05) is 0 Å². The molecule has 0 aliphatic heterocycles. The second-order valence-electron chi connectivity index (χ2n) is 5.86. The molecule has 1 amide bonds. The molecule has 0 aromatic heterocycles. The number of benzene rings is 1. The van der Waals surface area contributed by atoms with E-state index in [2.05, 4.69) is 46.8 Å². The van der Waals surface area contributed by atoms with E-state index < -0.39 is 0 Å². The molecule has 0 aliphatic rings. The van der Waals surface area contributed by atoms with E-state index in [1.165, 1.54) is 4.90 Å². The first-order valence-corrected chi connectivity index (χ1v) is 8.26. The van der Waals surface area contributed by atoms with Crippen molar-refractivity contribution in [1.29, 1.82) is 0 Å². The Kier molecular flexibility index (Phi) is 6.60. The minimum absolute atomic E-state index is 0.0185. The van der Waals surface area contributed by atoms with E-state index in [0.29, 0.717) is 0 Å². The molecule has 0 radical (unpaired) electrons. The van der Waals surface area contributed by atoms with Crippen LogP contribution in [0.15, 0.2) is 35.2 Å². The van der Waals surface area contributed by atoms with Gasteiger partial charge in [0.15, 0.2) is 0 Å². The van der Waals surface area contributed by atoms with Crippen molar-refractivity contribution in [2.24, 2.45) is 5.92 Å². The summed E-state index contributed by atoms with van der Waals surface area (Å²) < 4.78 is 0. The highest BCUT2D eigenvalue weighted by atomic mass is 32.2. The zero-order valence-corrected chi connectivity index (χ0v) is 14.3. The summed E-state index contributed by atoms with van der Waals surface area (Å²) in [4.78, 5) is 15.9. The fourth-order valence-corrected chi connectivity index (χ4v) is 3.42. The third kappa shape index (κ3) is 4.55. The number of carbonyl (C=O) groups excluding carboxylic acids is 1. The van der Waals surface area contributed by atoms with E-state index in [-0.39, 0.29) is 29.2 Å². The van der Waals surface area contributed by atoms with Gasteiger partial charge in [-0.1, -0.05) is 32.0 Å². The number of carbonyl (C=O) groups is 1. The standard InChI is InChI=1S/C17H27NOS/c1-12(2)18(13(3)4)17(19)14(5)15(6)20-16-10-8-7-9-11-16/h7-15H,1-6H3/t14-,15-/m0/s1. The Labute approximate surface area is 127 Å². The molecule has 0 fully saturated rings. The smallest absolute Gasteiger partial charge is 0.226 e.